The smallest absolute Gasteiger partial charge is 0.180 e. The molecule has 5 N–H and O–H groups in total. The van der Waals surface area contributed by atoms with Gasteiger partial charge in [-0.05, 0) is 62.1 Å². The number of nitrogens with two attached hydrogens (primary N) is 1. The third kappa shape index (κ3) is 7.53. The quantitative estimate of drug-likeness (QED) is 0.131. The lowest BCUT2D eigenvalue weighted by Crippen LogP contribution is -2.53. The predicted octanol–water partition coefficient (Wildman–Crippen LogP) is 2.64. The van der Waals surface area contributed by atoms with Crippen LogP contribution in [0.4, 0.5) is 10.9 Å². The van der Waals surface area contributed by atoms with Crippen LogP contribution in [0.2, 0.25) is 0 Å². The molecule has 0 unspecified atom stereocenters. The predicted molar refractivity (Wildman–Crippen MR) is 154 cm³/mol. The maximum atomic E-state index is 5.83. The van der Waals surface area contributed by atoms with Crippen LogP contribution in [0.5, 0.6) is 5.75 Å². The van der Waals surface area contributed by atoms with Crippen molar-refractivity contribution < 1.29 is 9.57 Å². The molecule has 2 aliphatic heterocycles. The summed E-state index contributed by atoms with van der Waals surface area (Å²) in [6.45, 7) is 11.7. The lowest BCUT2D eigenvalue weighted by molar-refractivity contribution is 0.107. The number of thiazole rings is 1. The molecule has 0 bridgehead atoms. The summed E-state index contributed by atoms with van der Waals surface area (Å²) in [5.41, 5.74) is 8.02. The molecule has 3 aromatic rings. The monoisotopic (exact) mass is 538 g/mol. The highest BCUT2D eigenvalue weighted by atomic mass is 32.1. The molecule has 2 aromatic heterocycles. The zero-order valence-electron chi connectivity index (χ0n) is 22.0. The van der Waals surface area contributed by atoms with E-state index in [2.05, 4.69) is 37.1 Å². The molecule has 2 aliphatic rings. The molecule has 2 saturated heterocycles. The van der Waals surface area contributed by atoms with E-state index in [0.29, 0.717) is 24.1 Å². The van der Waals surface area contributed by atoms with Crippen molar-refractivity contribution in [3.05, 3.63) is 41.4 Å². The third-order valence-electron chi connectivity index (χ3n) is 6.92. The summed E-state index contributed by atoms with van der Waals surface area (Å²) in [5.74, 6) is 3.31. The number of oxime groups is 1. The van der Waals surface area contributed by atoms with E-state index in [0.717, 1.165) is 85.7 Å². The third-order valence-corrected chi connectivity index (χ3v) is 7.59. The standard InChI is InChI=1S/C27H38N8O2S/c1-19(25-18-38-27(28)33-25)34-37-10-9-36-23-4-5-24-22(11-23)3-6-26(32-24)31-7-2-8-35(16-20-12-29-13-20)17-21-14-30-15-21/h3-6,11,18,20-21,29-30H,2,7-10,12-17H2,1H3,(H2,28,33)(H,31,32)/b34-19+. The molecule has 2 fully saturated rings. The van der Waals surface area contributed by atoms with Gasteiger partial charge in [-0.25, -0.2) is 9.97 Å². The molecule has 204 valence electrons. The van der Waals surface area contributed by atoms with Gasteiger partial charge in [0.1, 0.15) is 29.6 Å². The summed E-state index contributed by atoms with van der Waals surface area (Å²) in [7, 11) is 0. The van der Waals surface area contributed by atoms with E-state index < -0.39 is 0 Å². The number of nitrogens with one attached hydrogen (secondary N) is 3. The molecule has 38 heavy (non-hydrogen) atoms. The van der Waals surface area contributed by atoms with Gasteiger partial charge in [-0.2, -0.15) is 0 Å². The van der Waals surface area contributed by atoms with E-state index >= 15 is 0 Å². The molecule has 0 spiro atoms. The number of hydrogen-bond acceptors (Lipinski definition) is 11. The number of hydrogen-bond donors (Lipinski definition) is 4. The Bertz CT molecular complexity index is 1190. The molecular formula is C27H38N8O2S. The summed E-state index contributed by atoms with van der Waals surface area (Å²) < 4.78 is 5.83. The van der Waals surface area contributed by atoms with Crippen LogP contribution >= 0.6 is 11.3 Å². The average molecular weight is 539 g/mol. The van der Waals surface area contributed by atoms with E-state index in [1.165, 1.54) is 24.4 Å². The minimum Gasteiger partial charge on any atom is -0.490 e. The minimum absolute atomic E-state index is 0.336. The van der Waals surface area contributed by atoms with Crippen molar-refractivity contribution >= 4 is 38.9 Å². The second-order valence-corrected chi connectivity index (χ2v) is 11.0. The molecule has 1 aromatic carbocycles. The number of ether oxygens (including phenoxy) is 1. The largest absolute Gasteiger partial charge is 0.490 e. The van der Waals surface area contributed by atoms with Gasteiger partial charge in [-0.3, -0.25) is 0 Å². The summed E-state index contributed by atoms with van der Waals surface area (Å²) in [5, 5.41) is 17.8. The molecule has 10 nitrogen and oxygen atoms in total. The molecule has 5 rings (SSSR count). The first-order chi connectivity index (χ1) is 18.6. The Kier molecular flexibility index (Phi) is 9.24. The maximum Gasteiger partial charge on any atom is 0.180 e. The summed E-state index contributed by atoms with van der Waals surface area (Å²) in [6.07, 6.45) is 1.11. The zero-order valence-corrected chi connectivity index (χ0v) is 22.8. The first kappa shape index (κ1) is 26.6. The fourth-order valence-electron chi connectivity index (χ4n) is 4.59. The Labute approximate surface area is 228 Å². The highest BCUT2D eigenvalue weighted by Crippen LogP contribution is 2.21. The van der Waals surface area contributed by atoms with Crippen molar-refractivity contribution in [1.29, 1.82) is 0 Å². The van der Waals surface area contributed by atoms with Crippen LogP contribution in [0.3, 0.4) is 0 Å². The number of benzene rings is 1. The SMILES string of the molecule is C/C(=N\OCCOc1ccc2nc(NCCCN(CC3CNC3)CC3CNC3)ccc2c1)c1csc(N)n1. The number of rotatable bonds is 15. The van der Waals surface area contributed by atoms with Gasteiger partial charge in [0.2, 0.25) is 0 Å². The van der Waals surface area contributed by atoms with Crippen LogP contribution in [0.1, 0.15) is 19.0 Å². The average Bonchev–Trinajstić information content (AvgIpc) is 3.31. The number of aromatic nitrogens is 2. The Morgan fingerprint density at radius 2 is 1.89 bits per heavy atom. The molecular weight excluding hydrogens is 500 g/mol. The Morgan fingerprint density at radius 3 is 2.58 bits per heavy atom. The second kappa shape index (κ2) is 13.2. The fourth-order valence-corrected chi connectivity index (χ4v) is 5.20. The molecule has 0 radical (unpaired) electrons. The Balaban J connectivity index is 1.03. The van der Waals surface area contributed by atoms with Crippen LogP contribution in [-0.4, -0.2) is 86.2 Å². The van der Waals surface area contributed by atoms with Gasteiger partial charge in [-0.1, -0.05) is 5.16 Å². The van der Waals surface area contributed by atoms with Gasteiger partial charge < -0.3 is 36.2 Å². The van der Waals surface area contributed by atoms with Gasteiger partial charge in [0.15, 0.2) is 11.7 Å². The Morgan fingerprint density at radius 1 is 1.11 bits per heavy atom. The molecule has 0 saturated carbocycles. The molecule has 11 heteroatoms. The number of nitrogens with zero attached hydrogens (tertiary/aromatic N) is 4. The van der Waals surface area contributed by atoms with Crippen molar-refractivity contribution in [2.75, 3.05) is 76.6 Å². The van der Waals surface area contributed by atoms with Crippen LogP contribution in [0.15, 0.2) is 40.9 Å². The lowest BCUT2D eigenvalue weighted by atomic mass is 9.99. The van der Waals surface area contributed by atoms with Gasteiger partial charge >= 0.3 is 0 Å². The summed E-state index contributed by atoms with van der Waals surface area (Å²) in [4.78, 5) is 17.0. The minimum atomic E-state index is 0.336. The van der Waals surface area contributed by atoms with Gasteiger partial charge in [-0.15, -0.1) is 11.3 Å². The molecule has 0 amide bonds. The Hall–Kier alpha value is -2.99. The van der Waals surface area contributed by atoms with E-state index in [9.17, 15) is 0 Å². The number of fused-ring (bicyclic) bond motifs is 1. The molecule has 0 atom stereocenters. The van der Waals surface area contributed by atoms with Crippen LogP contribution in [0, 0.1) is 11.8 Å². The van der Waals surface area contributed by atoms with Crippen molar-refractivity contribution in [3.63, 3.8) is 0 Å². The number of anilines is 2. The van der Waals surface area contributed by atoms with Gasteiger partial charge in [0, 0.05) is 56.6 Å². The second-order valence-electron chi connectivity index (χ2n) is 10.1. The zero-order chi connectivity index (χ0) is 26.2. The summed E-state index contributed by atoms with van der Waals surface area (Å²) in [6, 6.07) is 10.1. The number of pyridine rings is 1. The lowest BCUT2D eigenvalue weighted by Gasteiger charge is -2.37. The van der Waals surface area contributed by atoms with Crippen molar-refractivity contribution in [3.8, 4) is 5.75 Å². The first-order valence-electron chi connectivity index (χ1n) is 13.4. The van der Waals surface area contributed by atoms with E-state index in [4.69, 9.17) is 20.3 Å². The van der Waals surface area contributed by atoms with Crippen LogP contribution < -0.4 is 26.4 Å². The first-order valence-corrected chi connectivity index (χ1v) is 14.3. The normalized spacial score (nSPS) is 16.4. The number of nitrogen functional groups attached to an aromatic ring is 1. The summed E-state index contributed by atoms with van der Waals surface area (Å²) >= 11 is 1.38. The van der Waals surface area contributed by atoms with Crippen LogP contribution in [0.25, 0.3) is 10.9 Å². The van der Waals surface area contributed by atoms with Crippen molar-refractivity contribution in [1.82, 2.24) is 25.5 Å². The fraction of sp³-hybridized carbons (Fsp3) is 0.519. The van der Waals surface area contributed by atoms with Crippen molar-refractivity contribution in [2.45, 2.75) is 13.3 Å². The van der Waals surface area contributed by atoms with Crippen molar-refractivity contribution in [2.24, 2.45) is 17.0 Å². The van der Waals surface area contributed by atoms with E-state index in [1.807, 2.05) is 36.6 Å². The highest BCUT2D eigenvalue weighted by Gasteiger charge is 2.24. The van der Waals surface area contributed by atoms with E-state index in [1.54, 1.807) is 0 Å². The van der Waals surface area contributed by atoms with Gasteiger partial charge in [0.05, 0.1) is 5.52 Å². The topological polar surface area (TPSA) is 122 Å². The van der Waals surface area contributed by atoms with Crippen LogP contribution in [-0.2, 0) is 4.84 Å². The molecule has 0 aliphatic carbocycles. The molecule has 4 heterocycles. The van der Waals surface area contributed by atoms with Gasteiger partial charge in [0.25, 0.3) is 0 Å². The van der Waals surface area contributed by atoms with E-state index in [-0.39, 0.29) is 0 Å². The highest BCUT2D eigenvalue weighted by molar-refractivity contribution is 7.13. The maximum absolute atomic E-state index is 5.83.